The lowest BCUT2D eigenvalue weighted by Crippen LogP contribution is -2.28. The van der Waals surface area contributed by atoms with E-state index in [1.807, 2.05) is 0 Å². The quantitative estimate of drug-likeness (QED) is 0.799. The van der Waals surface area contributed by atoms with Crippen molar-refractivity contribution in [3.8, 4) is 0 Å². The first-order valence-electron chi connectivity index (χ1n) is 6.74. The maximum Gasteiger partial charge on any atom is 0.390 e. The summed E-state index contributed by atoms with van der Waals surface area (Å²) in [6, 6.07) is 7.98. The molecular weight excluding hydrogens is 281 g/mol. The summed E-state index contributed by atoms with van der Waals surface area (Å²) < 4.78 is 39.6. The fourth-order valence-corrected chi connectivity index (χ4v) is 2.09. The van der Waals surface area contributed by atoms with Crippen molar-refractivity contribution in [1.29, 1.82) is 0 Å². The Kier molecular flexibility index (Phi) is 5.32. The van der Waals surface area contributed by atoms with E-state index in [9.17, 15) is 13.2 Å². The van der Waals surface area contributed by atoms with E-state index in [0.29, 0.717) is 25.1 Å². The molecule has 0 aliphatic heterocycles. The Morgan fingerprint density at radius 1 is 1.19 bits per heavy atom. The highest BCUT2D eigenvalue weighted by molar-refractivity contribution is 5.19. The second kappa shape index (κ2) is 7.21. The minimum absolute atomic E-state index is 0.482. The van der Waals surface area contributed by atoms with Crippen molar-refractivity contribution in [2.24, 2.45) is 0 Å². The van der Waals surface area contributed by atoms with Gasteiger partial charge in [-0.1, -0.05) is 35.5 Å². The van der Waals surface area contributed by atoms with Crippen LogP contribution in [0.25, 0.3) is 0 Å². The van der Waals surface area contributed by atoms with E-state index < -0.39 is 18.6 Å². The lowest BCUT2D eigenvalue weighted by Gasteiger charge is -2.20. The highest BCUT2D eigenvalue weighted by Crippen LogP contribution is 2.29. The maximum absolute atomic E-state index is 12.7. The number of hydrogen-bond donors (Lipinski definition) is 1. The molecule has 0 spiro atoms. The second-order valence-electron chi connectivity index (χ2n) is 4.76. The number of aryl methyl sites for hydroxylation is 1. The predicted octanol–water partition coefficient (Wildman–Crippen LogP) is 2.95. The van der Waals surface area contributed by atoms with E-state index >= 15 is 0 Å². The number of alkyl halides is 3. The first-order valence-corrected chi connectivity index (χ1v) is 6.74. The molecule has 1 aromatic heterocycles. The monoisotopic (exact) mass is 298 g/mol. The van der Waals surface area contributed by atoms with E-state index in [2.05, 4.69) is 15.6 Å². The third-order valence-corrected chi connectivity index (χ3v) is 3.06. The summed E-state index contributed by atoms with van der Waals surface area (Å²) >= 11 is 0. The average molecular weight is 298 g/mol. The van der Waals surface area contributed by atoms with Gasteiger partial charge in [0, 0.05) is 18.8 Å². The zero-order valence-corrected chi connectivity index (χ0v) is 11.4. The molecule has 2 aromatic rings. The number of aromatic nitrogens is 3. The van der Waals surface area contributed by atoms with Crippen LogP contribution in [0.1, 0.15) is 24.4 Å². The molecule has 7 heteroatoms. The zero-order valence-electron chi connectivity index (χ0n) is 11.4. The predicted molar refractivity (Wildman–Crippen MR) is 72.5 cm³/mol. The number of rotatable bonds is 7. The molecule has 1 unspecified atom stereocenters. The molecule has 0 radical (unpaired) electrons. The summed E-state index contributed by atoms with van der Waals surface area (Å²) in [6.45, 7) is 1.11. The van der Waals surface area contributed by atoms with E-state index in [-0.39, 0.29) is 0 Å². The molecule has 1 aromatic carbocycles. The molecule has 0 aliphatic carbocycles. The SMILES string of the molecule is FC(F)(F)CC(NCCCn1ccnn1)c1ccccc1. The molecule has 0 amide bonds. The molecule has 0 aliphatic rings. The largest absolute Gasteiger partial charge is 0.390 e. The van der Waals surface area contributed by atoms with E-state index in [1.165, 1.54) is 0 Å². The fourth-order valence-electron chi connectivity index (χ4n) is 2.09. The third-order valence-electron chi connectivity index (χ3n) is 3.06. The lowest BCUT2D eigenvalue weighted by atomic mass is 10.0. The highest BCUT2D eigenvalue weighted by atomic mass is 19.4. The van der Waals surface area contributed by atoms with Crippen LogP contribution in [0.3, 0.4) is 0 Å². The number of nitrogens with zero attached hydrogens (tertiary/aromatic N) is 3. The van der Waals surface area contributed by atoms with Crippen LogP contribution >= 0.6 is 0 Å². The zero-order chi connectivity index (χ0) is 15.1. The summed E-state index contributed by atoms with van der Waals surface area (Å²) in [7, 11) is 0. The van der Waals surface area contributed by atoms with Crippen molar-refractivity contribution in [2.45, 2.75) is 31.6 Å². The Balaban J connectivity index is 1.87. The van der Waals surface area contributed by atoms with Crippen LogP contribution in [0, 0.1) is 0 Å². The van der Waals surface area contributed by atoms with Crippen molar-refractivity contribution in [2.75, 3.05) is 6.54 Å². The first kappa shape index (κ1) is 15.5. The molecule has 1 heterocycles. The highest BCUT2D eigenvalue weighted by Gasteiger charge is 2.32. The normalized spacial score (nSPS) is 13.3. The Labute approximate surface area is 121 Å². The van der Waals surface area contributed by atoms with Crippen LogP contribution in [-0.4, -0.2) is 27.7 Å². The number of nitrogens with one attached hydrogen (secondary N) is 1. The molecule has 0 fully saturated rings. The van der Waals surface area contributed by atoms with Gasteiger partial charge in [-0.05, 0) is 18.5 Å². The maximum atomic E-state index is 12.7. The minimum atomic E-state index is -4.20. The van der Waals surface area contributed by atoms with Gasteiger partial charge in [-0.25, -0.2) is 0 Å². The van der Waals surface area contributed by atoms with Gasteiger partial charge in [0.05, 0.1) is 12.6 Å². The van der Waals surface area contributed by atoms with Crippen LogP contribution in [0.15, 0.2) is 42.7 Å². The van der Waals surface area contributed by atoms with Crippen LogP contribution in [0.5, 0.6) is 0 Å². The van der Waals surface area contributed by atoms with Gasteiger partial charge in [0.15, 0.2) is 0 Å². The van der Waals surface area contributed by atoms with Crippen LogP contribution < -0.4 is 5.32 Å². The third kappa shape index (κ3) is 5.55. The Morgan fingerprint density at radius 3 is 2.57 bits per heavy atom. The van der Waals surface area contributed by atoms with Gasteiger partial charge in [0.1, 0.15) is 0 Å². The number of halogens is 3. The minimum Gasteiger partial charge on any atom is -0.310 e. The summed E-state index contributed by atoms with van der Waals surface area (Å²) in [5.41, 5.74) is 0.649. The first-order chi connectivity index (χ1) is 10.0. The Morgan fingerprint density at radius 2 is 1.95 bits per heavy atom. The van der Waals surface area contributed by atoms with Crippen LogP contribution in [0.2, 0.25) is 0 Å². The fraction of sp³-hybridized carbons (Fsp3) is 0.429. The standard InChI is InChI=1S/C14H17F3N4/c15-14(16,17)11-13(12-5-2-1-3-6-12)18-7-4-9-21-10-8-19-20-21/h1-3,5-6,8,10,13,18H,4,7,9,11H2. The smallest absolute Gasteiger partial charge is 0.310 e. The van der Waals surface area contributed by atoms with Crippen molar-refractivity contribution in [3.63, 3.8) is 0 Å². The van der Waals surface area contributed by atoms with Gasteiger partial charge in [-0.2, -0.15) is 13.2 Å². The van der Waals surface area contributed by atoms with Gasteiger partial charge in [-0.3, -0.25) is 4.68 Å². The van der Waals surface area contributed by atoms with Gasteiger partial charge in [0.2, 0.25) is 0 Å². The molecule has 114 valence electrons. The molecule has 0 saturated heterocycles. The number of benzene rings is 1. The second-order valence-corrected chi connectivity index (χ2v) is 4.76. The molecule has 0 bridgehead atoms. The van der Waals surface area contributed by atoms with Crippen molar-refractivity contribution in [1.82, 2.24) is 20.3 Å². The van der Waals surface area contributed by atoms with Crippen molar-refractivity contribution < 1.29 is 13.2 Å². The Hall–Kier alpha value is -1.89. The number of hydrogen-bond acceptors (Lipinski definition) is 3. The summed E-state index contributed by atoms with van der Waals surface area (Å²) in [5, 5.41) is 10.5. The summed E-state index contributed by atoms with van der Waals surface area (Å²) in [6.07, 6.45) is -1.08. The lowest BCUT2D eigenvalue weighted by molar-refractivity contribution is -0.140. The molecular formula is C14H17F3N4. The summed E-state index contributed by atoms with van der Waals surface area (Å²) in [5.74, 6) is 0. The van der Waals surface area contributed by atoms with Gasteiger partial charge >= 0.3 is 6.18 Å². The van der Waals surface area contributed by atoms with Crippen LogP contribution in [0.4, 0.5) is 13.2 Å². The molecule has 2 rings (SSSR count). The van der Waals surface area contributed by atoms with Gasteiger partial charge < -0.3 is 5.32 Å². The molecule has 4 nitrogen and oxygen atoms in total. The molecule has 1 N–H and O–H groups in total. The molecule has 1 atom stereocenters. The van der Waals surface area contributed by atoms with Crippen molar-refractivity contribution in [3.05, 3.63) is 48.3 Å². The Bertz CT molecular complexity index is 511. The summed E-state index contributed by atoms with van der Waals surface area (Å²) in [4.78, 5) is 0. The topological polar surface area (TPSA) is 42.7 Å². The molecule has 0 saturated carbocycles. The van der Waals surface area contributed by atoms with E-state index in [0.717, 1.165) is 0 Å². The van der Waals surface area contributed by atoms with E-state index in [4.69, 9.17) is 0 Å². The van der Waals surface area contributed by atoms with Gasteiger partial charge in [0.25, 0.3) is 0 Å². The molecule has 21 heavy (non-hydrogen) atoms. The van der Waals surface area contributed by atoms with Crippen molar-refractivity contribution >= 4 is 0 Å². The van der Waals surface area contributed by atoms with Crippen LogP contribution in [-0.2, 0) is 6.54 Å². The average Bonchev–Trinajstić information content (AvgIpc) is 2.95. The van der Waals surface area contributed by atoms with Gasteiger partial charge in [-0.15, -0.1) is 5.10 Å². The van der Waals surface area contributed by atoms with E-state index in [1.54, 1.807) is 47.4 Å².